The van der Waals surface area contributed by atoms with Crippen molar-refractivity contribution >= 4 is 17.0 Å². The van der Waals surface area contributed by atoms with Gasteiger partial charge in [-0.05, 0) is 4.98 Å². The number of ether oxygens (including phenoxy) is 1. The van der Waals surface area contributed by atoms with Crippen molar-refractivity contribution in [2.24, 2.45) is 0 Å². The monoisotopic (exact) mass is 226 g/mol. The Morgan fingerprint density at radius 3 is 3.19 bits per heavy atom. The Labute approximate surface area is 89.7 Å². The highest BCUT2D eigenvalue weighted by Gasteiger charge is 2.15. The summed E-state index contributed by atoms with van der Waals surface area (Å²) in [4.78, 5) is 20.2. The quantitative estimate of drug-likeness (QED) is 0.358. The average molecular weight is 226 g/mol. The third kappa shape index (κ3) is 1.88. The van der Waals surface area contributed by atoms with Crippen molar-refractivity contribution in [3.63, 3.8) is 0 Å². The molecule has 8 nitrogen and oxygen atoms in total. The van der Waals surface area contributed by atoms with Crippen LogP contribution >= 0.6 is 0 Å². The van der Waals surface area contributed by atoms with Gasteiger partial charge < -0.3 is 15.6 Å². The third-order valence-electron chi connectivity index (χ3n) is 2.04. The summed E-state index contributed by atoms with van der Waals surface area (Å²) in [6.45, 7) is 0.355. The van der Waals surface area contributed by atoms with Gasteiger partial charge in [0, 0.05) is 0 Å². The smallest absolute Gasteiger partial charge is 0.394 e. The Hall–Kier alpha value is -1.93. The number of aromatic amines is 2. The van der Waals surface area contributed by atoms with Crippen molar-refractivity contribution in [2.75, 3.05) is 18.9 Å². The molecule has 2 aromatic heterocycles. The number of aliphatic hydroxyl groups excluding tert-OH is 1. The first-order valence-corrected chi connectivity index (χ1v) is 4.67. The molecule has 0 spiro atoms. The summed E-state index contributed by atoms with van der Waals surface area (Å²) < 4.78 is 6.71. The first-order chi connectivity index (χ1) is 7.72. The summed E-state index contributed by atoms with van der Waals surface area (Å²) in [5.74, 6) is 0.232. The first kappa shape index (κ1) is 10.6. The molecule has 86 valence electrons. The molecular weight excluding hydrogens is 214 g/mol. The molecule has 8 heteroatoms. The summed E-state index contributed by atoms with van der Waals surface area (Å²) >= 11 is 0. The Morgan fingerprint density at radius 2 is 2.44 bits per heavy atom. The van der Waals surface area contributed by atoms with E-state index in [9.17, 15) is 4.79 Å². The van der Waals surface area contributed by atoms with Crippen LogP contribution in [0.2, 0.25) is 0 Å². The molecule has 0 aliphatic heterocycles. The number of nitrogen functional groups attached to an aromatic ring is 1. The largest absolute Gasteiger partial charge is 0.419 e. The molecule has 2 aromatic rings. The van der Waals surface area contributed by atoms with Crippen molar-refractivity contribution in [3.05, 3.63) is 16.8 Å². The predicted molar refractivity (Wildman–Crippen MR) is 54.4 cm³/mol. The zero-order valence-electron chi connectivity index (χ0n) is 8.43. The van der Waals surface area contributed by atoms with Crippen LogP contribution in [0.4, 0.5) is 5.82 Å². The number of nitrogens with two attached hydrogens (primary N) is 1. The number of fused-ring (bicyclic) bond motifs is 1. The summed E-state index contributed by atoms with van der Waals surface area (Å²) in [7, 11) is 0. The maximum atomic E-state index is 11.1. The van der Waals surface area contributed by atoms with Gasteiger partial charge in [-0.2, -0.15) is 0 Å². The molecule has 0 saturated heterocycles. The standard InChI is InChI=1S/C8H11N5O3/c9-6-5-7(12-8(15)11-6)13(3-10-5)4-16-2-1-14/h3,14H,1-2,4H2,(H3,9,11,12,15)/p+1. The van der Waals surface area contributed by atoms with Crippen LogP contribution in [0, 0.1) is 0 Å². The zero-order valence-corrected chi connectivity index (χ0v) is 8.43. The molecule has 0 fully saturated rings. The van der Waals surface area contributed by atoms with E-state index in [1.54, 1.807) is 10.9 Å². The van der Waals surface area contributed by atoms with Crippen LogP contribution in [0.25, 0.3) is 11.2 Å². The van der Waals surface area contributed by atoms with E-state index in [-0.39, 0.29) is 25.8 Å². The van der Waals surface area contributed by atoms with Gasteiger partial charge in [0.25, 0.3) is 0 Å². The molecule has 2 rings (SSSR count). The molecule has 5 N–H and O–H groups in total. The highest BCUT2D eigenvalue weighted by Crippen LogP contribution is 2.07. The van der Waals surface area contributed by atoms with Crippen LogP contribution in [0.1, 0.15) is 0 Å². The average Bonchev–Trinajstić information content (AvgIpc) is 2.62. The van der Waals surface area contributed by atoms with E-state index < -0.39 is 5.69 Å². The number of imidazole rings is 1. The summed E-state index contributed by atoms with van der Waals surface area (Å²) in [6, 6.07) is 0. The van der Waals surface area contributed by atoms with Gasteiger partial charge in [-0.1, -0.05) is 0 Å². The molecule has 0 aliphatic rings. The van der Waals surface area contributed by atoms with E-state index in [1.807, 2.05) is 0 Å². The molecule has 2 heterocycles. The maximum absolute atomic E-state index is 11.1. The van der Waals surface area contributed by atoms with E-state index in [0.29, 0.717) is 11.2 Å². The van der Waals surface area contributed by atoms with Crippen LogP contribution in [-0.4, -0.2) is 33.3 Å². The van der Waals surface area contributed by atoms with Crippen molar-refractivity contribution in [2.45, 2.75) is 6.73 Å². The van der Waals surface area contributed by atoms with Crippen molar-refractivity contribution in [3.8, 4) is 0 Å². The number of nitrogens with one attached hydrogen (secondary N) is 2. The van der Waals surface area contributed by atoms with Crippen molar-refractivity contribution < 1.29 is 14.4 Å². The topological polar surface area (TPSA) is 121 Å². The minimum absolute atomic E-state index is 0.0565. The fraction of sp³-hybridized carbons (Fsp3) is 0.375. The second kappa shape index (κ2) is 4.29. The number of anilines is 1. The van der Waals surface area contributed by atoms with Crippen LogP contribution in [-0.2, 0) is 11.5 Å². The molecule has 0 atom stereocenters. The lowest BCUT2D eigenvalue weighted by molar-refractivity contribution is -0.710. The molecule has 0 bridgehead atoms. The highest BCUT2D eigenvalue weighted by atomic mass is 16.5. The summed E-state index contributed by atoms with van der Waals surface area (Å²) in [5, 5.41) is 8.56. The van der Waals surface area contributed by atoms with Gasteiger partial charge in [-0.15, -0.1) is 0 Å². The Morgan fingerprint density at radius 1 is 1.62 bits per heavy atom. The predicted octanol–water partition coefficient (Wildman–Crippen LogP) is -1.91. The summed E-state index contributed by atoms with van der Waals surface area (Å²) in [5.41, 5.74) is 6.06. The molecule has 0 aromatic carbocycles. The lowest BCUT2D eigenvalue weighted by Gasteiger charge is -1.98. The van der Waals surface area contributed by atoms with Crippen LogP contribution in [0.5, 0.6) is 0 Å². The second-order valence-electron chi connectivity index (χ2n) is 3.16. The lowest BCUT2D eigenvalue weighted by atomic mass is 10.5. The molecule has 0 radical (unpaired) electrons. The number of rotatable bonds is 4. The maximum Gasteiger partial charge on any atom is 0.419 e. The van der Waals surface area contributed by atoms with E-state index in [1.165, 1.54) is 0 Å². The molecule has 16 heavy (non-hydrogen) atoms. The summed E-state index contributed by atoms with van der Waals surface area (Å²) in [6.07, 6.45) is 1.60. The number of hydrogen-bond donors (Lipinski definition) is 4. The van der Waals surface area contributed by atoms with Crippen molar-refractivity contribution in [1.82, 2.24) is 15.0 Å². The zero-order chi connectivity index (χ0) is 11.5. The van der Waals surface area contributed by atoms with Gasteiger partial charge >= 0.3 is 11.3 Å². The molecule has 0 aliphatic carbocycles. The fourth-order valence-electron chi connectivity index (χ4n) is 1.36. The van der Waals surface area contributed by atoms with Gasteiger partial charge in [-0.3, -0.25) is 9.97 Å². The van der Waals surface area contributed by atoms with Crippen LogP contribution in [0.3, 0.4) is 0 Å². The van der Waals surface area contributed by atoms with Gasteiger partial charge in [-0.25, -0.2) is 9.36 Å². The molecule has 0 amide bonds. The normalized spacial score (nSPS) is 11.1. The van der Waals surface area contributed by atoms with E-state index >= 15 is 0 Å². The van der Waals surface area contributed by atoms with Crippen LogP contribution < -0.4 is 16.0 Å². The lowest BCUT2D eigenvalue weighted by Crippen LogP contribution is -2.35. The number of hydrogen-bond acceptors (Lipinski definition) is 5. The van der Waals surface area contributed by atoms with E-state index in [2.05, 4.69) is 15.0 Å². The third-order valence-corrected chi connectivity index (χ3v) is 2.04. The fourth-order valence-corrected chi connectivity index (χ4v) is 1.36. The molecule has 0 unspecified atom stereocenters. The SMILES string of the molecule is Nc1[nH]c(=O)nc2c1[nH]c[n+]2COCCO. The first-order valence-electron chi connectivity index (χ1n) is 4.67. The Kier molecular flexibility index (Phi) is 2.84. The number of nitrogens with zero attached hydrogens (tertiary/aromatic N) is 2. The number of aromatic nitrogens is 4. The van der Waals surface area contributed by atoms with E-state index in [4.69, 9.17) is 15.6 Å². The van der Waals surface area contributed by atoms with Crippen LogP contribution in [0.15, 0.2) is 11.1 Å². The number of aliphatic hydroxyl groups is 1. The molecule has 0 saturated carbocycles. The van der Waals surface area contributed by atoms with Gasteiger partial charge in [0.15, 0.2) is 18.9 Å². The second-order valence-corrected chi connectivity index (χ2v) is 3.16. The minimum atomic E-state index is -0.513. The number of H-pyrrole nitrogens is 2. The minimum Gasteiger partial charge on any atom is -0.394 e. The Bertz CT molecular complexity index is 546. The Balaban J connectivity index is 2.36. The molecular formula is C8H12N5O3+. The van der Waals surface area contributed by atoms with Crippen molar-refractivity contribution in [1.29, 1.82) is 0 Å². The van der Waals surface area contributed by atoms with Gasteiger partial charge in [0.05, 0.1) is 13.2 Å². The van der Waals surface area contributed by atoms with Gasteiger partial charge in [0.2, 0.25) is 5.52 Å². The highest BCUT2D eigenvalue weighted by molar-refractivity contribution is 5.77. The van der Waals surface area contributed by atoms with E-state index in [0.717, 1.165) is 0 Å². The van der Waals surface area contributed by atoms with Gasteiger partial charge in [0.1, 0.15) is 0 Å².